The maximum Gasteiger partial charge on any atom is 0.228 e. The van der Waals surface area contributed by atoms with Crippen LogP contribution in [0.15, 0.2) is 15.0 Å². The van der Waals surface area contributed by atoms with E-state index < -0.39 is 0 Å². The number of hydrogen-bond acceptors (Lipinski definition) is 1. The summed E-state index contributed by atoms with van der Waals surface area (Å²) in [5, 5.41) is 2.83. The summed E-state index contributed by atoms with van der Waals surface area (Å²) in [5.41, 5.74) is 3.15. The molecule has 0 radical (unpaired) electrons. The molecule has 1 aliphatic rings. The van der Waals surface area contributed by atoms with Crippen LogP contribution in [0.4, 0.5) is 5.69 Å². The standard InChI is InChI=1S/C9H7Br2NO/c1-4-5-2-8(13)12-9(5)7(11)3-6(4)10/h3H,2H2,1H3,(H,12,13). The summed E-state index contributed by atoms with van der Waals surface area (Å²) in [4.78, 5) is 11.2. The Balaban J connectivity index is 2.69. The maximum atomic E-state index is 11.2. The van der Waals surface area contributed by atoms with Crippen molar-refractivity contribution < 1.29 is 4.79 Å². The molecule has 2 rings (SSSR count). The van der Waals surface area contributed by atoms with Crippen molar-refractivity contribution in [3.05, 3.63) is 26.1 Å². The predicted molar refractivity (Wildman–Crippen MR) is 58.9 cm³/mol. The highest BCUT2D eigenvalue weighted by Gasteiger charge is 2.23. The van der Waals surface area contributed by atoms with Gasteiger partial charge in [-0.1, -0.05) is 15.9 Å². The molecular formula is C9H7Br2NO. The van der Waals surface area contributed by atoms with E-state index in [2.05, 4.69) is 37.2 Å². The summed E-state index contributed by atoms with van der Waals surface area (Å²) in [6.45, 7) is 2.01. The van der Waals surface area contributed by atoms with E-state index in [1.54, 1.807) is 0 Å². The minimum Gasteiger partial charge on any atom is -0.325 e. The zero-order chi connectivity index (χ0) is 9.59. The Hall–Kier alpha value is -0.350. The van der Waals surface area contributed by atoms with Crippen LogP contribution in [0, 0.1) is 6.92 Å². The summed E-state index contributed by atoms with van der Waals surface area (Å²) >= 11 is 6.87. The average Bonchev–Trinajstić information content (AvgIpc) is 2.44. The van der Waals surface area contributed by atoms with Crippen molar-refractivity contribution in [2.75, 3.05) is 5.32 Å². The maximum absolute atomic E-state index is 11.2. The number of halogens is 2. The molecule has 1 heterocycles. The molecule has 68 valence electrons. The van der Waals surface area contributed by atoms with Crippen molar-refractivity contribution >= 4 is 43.5 Å². The highest BCUT2D eigenvalue weighted by atomic mass is 79.9. The quantitative estimate of drug-likeness (QED) is 0.784. The van der Waals surface area contributed by atoms with Crippen LogP contribution >= 0.6 is 31.9 Å². The van der Waals surface area contributed by atoms with E-state index >= 15 is 0 Å². The van der Waals surface area contributed by atoms with E-state index in [-0.39, 0.29) is 5.91 Å². The van der Waals surface area contributed by atoms with Crippen LogP contribution in [0.2, 0.25) is 0 Å². The van der Waals surface area contributed by atoms with Crippen LogP contribution in [0.3, 0.4) is 0 Å². The molecule has 0 spiro atoms. The van der Waals surface area contributed by atoms with E-state index in [9.17, 15) is 4.79 Å². The van der Waals surface area contributed by atoms with Crippen LogP contribution in [-0.2, 0) is 11.2 Å². The van der Waals surface area contributed by atoms with E-state index in [1.807, 2.05) is 13.0 Å². The first-order chi connectivity index (χ1) is 6.09. The van der Waals surface area contributed by atoms with Gasteiger partial charge < -0.3 is 5.32 Å². The topological polar surface area (TPSA) is 29.1 Å². The fourth-order valence-electron chi connectivity index (χ4n) is 1.47. The Morgan fingerprint density at radius 3 is 2.77 bits per heavy atom. The molecule has 0 unspecified atom stereocenters. The largest absolute Gasteiger partial charge is 0.325 e. The Kier molecular flexibility index (Phi) is 2.20. The SMILES string of the molecule is Cc1c(Br)cc(Br)c2c1CC(=O)N2. The fourth-order valence-corrected chi connectivity index (χ4v) is 2.81. The number of benzene rings is 1. The Bertz CT molecular complexity index is 401. The molecule has 1 aromatic carbocycles. The van der Waals surface area contributed by atoms with Crippen molar-refractivity contribution in [1.82, 2.24) is 0 Å². The Morgan fingerprint density at radius 2 is 2.08 bits per heavy atom. The van der Waals surface area contributed by atoms with Crippen molar-refractivity contribution in [3.63, 3.8) is 0 Å². The third-order valence-electron chi connectivity index (χ3n) is 2.21. The van der Waals surface area contributed by atoms with Crippen molar-refractivity contribution in [1.29, 1.82) is 0 Å². The highest BCUT2D eigenvalue weighted by molar-refractivity contribution is 9.11. The molecule has 0 saturated carbocycles. The van der Waals surface area contributed by atoms with Gasteiger partial charge in [0.2, 0.25) is 5.91 Å². The molecule has 1 aliphatic heterocycles. The van der Waals surface area contributed by atoms with Gasteiger partial charge in [-0.25, -0.2) is 0 Å². The van der Waals surface area contributed by atoms with Crippen molar-refractivity contribution in [2.45, 2.75) is 13.3 Å². The lowest BCUT2D eigenvalue weighted by Gasteiger charge is -2.07. The normalized spacial score (nSPS) is 14.2. The minimum atomic E-state index is 0.0666. The van der Waals surface area contributed by atoms with Gasteiger partial charge >= 0.3 is 0 Å². The molecule has 0 aliphatic carbocycles. The van der Waals surface area contributed by atoms with Gasteiger partial charge in [0.05, 0.1) is 12.1 Å². The van der Waals surface area contributed by atoms with Crippen LogP contribution in [0.25, 0.3) is 0 Å². The summed E-state index contributed by atoms with van der Waals surface area (Å²) < 4.78 is 1.97. The molecule has 1 aromatic rings. The number of carbonyl (C=O) groups is 1. The molecule has 13 heavy (non-hydrogen) atoms. The number of fused-ring (bicyclic) bond motifs is 1. The summed E-state index contributed by atoms with van der Waals surface area (Å²) in [6, 6.07) is 1.96. The number of rotatable bonds is 0. The van der Waals surface area contributed by atoms with E-state index in [0.29, 0.717) is 6.42 Å². The first kappa shape index (κ1) is 9.21. The monoisotopic (exact) mass is 303 g/mol. The molecule has 0 saturated heterocycles. The number of anilines is 1. The zero-order valence-corrected chi connectivity index (χ0v) is 10.1. The van der Waals surface area contributed by atoms with Crippen LogP contribution in [0.1, 0.15) is 11.1 Å². The molecule has 0 bridgehead atoms. The van der Waals surface area contributed by atoms with Crippen molar-refractivity contribution in [2.24, 2.45) is 0 Å². The minimum absolute atomic E-state index is 0.0666. The molecule has 1 amide bonds. The summed E-state index contributed by atoms with van der Waals surface area (Å²) in [6.07, 6.45) is 0.485. The molecule has 4 heteroatoms. The molecule has 0 fully saturated rings. The lowest BCUT2D eigenvalue weighted by Crippen LogP contribution is -2.03. The fraction of sp³-hybridized carbons (Fsp3) is 0.222. The molecule has 0 aromatic heterocycles. The molecule has 1 N–H and O–H groups in total. The van der Waals surface area contributed by atoms with E-state index in [4.69, 9.17) is 0 Å². The van der Waals surface area contributed by atoms with Gasteiger partial charge in [-0.05, 0) is 40.0 Å². The van der Waals surface area contributed by atoms with E-state index in [1.165, 1.54) is 0 Å². The van der Waals surface area contributed by atoms with Crippen molar-refractivity contribution in [3.8, 4) is 0 Å². The van der Waals surface area contributed by atoms with Crippen LogP contribution in [0.5, 0.6) is 0 Å². The second-order valence-electron chi connectivity index (χ2n) is 3.04. The third-order valence-corrected chi connectivity index (χ3v) is 3.66. The van der Waals surface area contributed by atoms with Gasteiger partial charge in [-0.3, -0.25) is 4.79 Å². The number of nitrogens with one attached hydrogen (secondary N) is 1. The Labute approximate surface area is 93.0 Å². The van der Waals surface area contributed by atoms with Gasteiger partial charge in [0.15, 0.2) is 0 Å². The first-order valence-corrected chi connectivity index (χ1v) is 5.45. The summed E-state index contributed by atoms with van der Waals surface area (Å²) in [5.74, 6) is 0.0666. The van der Waals surface area contributed by atoms with Gasteiger partial charge in [0, 0.05) is 8.95 Å². The lowest BCUT2D eigenvalue weighted by molar-refractivity contribution is -0.115. The Morgan fingerprint density at radius 1 is 1.38 bits per heavy atom. The predicted octanol–water partition coefficient (Wildman–Crippen LogP) is 3.01. The summed E-state index contributed by atoms with van der Waals surface area (Å²) in [7, 11) is 0. The third kappa shape index (κ3) is 1.42. The molecular weight excluding hydrogens is 298 g/mol. The highest BCUT2D eigenvalue weighted by Crippen LogP contribution is 2.37. The second kappa shape index (κ2) is 3.10. The number of carbonyl (C=O) groups excluding carboxylic acids is 1. The average molecular weight is 305 g/mol. The smallest absolute Gasteiger partial charge is 0.228 e. The zero-order valence-electron chi connectivity index (χ0n) is 6.95. The number of hydrogen-bond donors (Lipinski definition) is 1. The van der Waals surface area contributed by atoms with Gasteiger partial charge in [-0.2, -0.15) is 0 Å². The first-order valence-electron chi connectivity index (χ1n) is 3.87. The second-order valence-corrected chi connectivity index (χ2v) is 4.75. The lowest BCUT2D eigenvalue weighted by atomic mass is 10.1. The molecule has 0 atom stereocenters. The van der Waals surface area contributed by atoms with Crippen LogP contribution in [-0.4, -0.2) is 5.91 Å². The number of amides is 1. The van der Waals surface area contributed by atoms with Gasteiger partial charge in [0.25, 0.3) is 0 Å². The van der Waals surface area contributed by atoms with Crippen LogP contribution < -0.4 is 5.32 Å². The molecule has 2 nitrogen and oxygen atoms in total. The van der Waals surface area contributed by atoms with Gasteiger partial charge in [-0.15, -0.1) is 0 Å². The van der Waals surface area contributed by atoms with E-state index in [0.717, 1.165) is 25.8 Å². The van der Waals surface area contributed by atoms with Gasteiger partial charge in [0.1, 0.15) is 0 Å².